The molecule has 5 rings (SSSR count). The minimum Gasteiger partial charge on any atom is -0.388 e. The van der Waals surface area contributed by atoms with Crippen molar-refractivity contribution in [2.45, 2.75) is 57.2 Å². The first-order valence-corrected chi connectivity index (χ1v) is 11.9. The molecule has 34 heavy (non-hydrogen) atoms. The molecule has 2 N–H and O–H groups in total. The minimum atomic E-state index is -0.853. The summed E-state index contributed by atoms with van der Waals surface area (Å²) < 4.78 is 7.14. The molecule has 4 aromatic rings. The summed E-state index contributed by atoms with van der Waals surface area (Å²) in [5, 5.41) is 19.2. The molecule has 1 fully saturated rings. The van der Waals surface area contributed by atoms with Crippen molar-refractivity contribution in [2.24, 2.45) is 0 Å². The number of pyridine rings is 1. The lowest BCUT2D eigenvalue weighted by molar-refractivity contribution is -0.124. The Balaban J connectivity index is 1.41. The summed E-state index contributed by atoms with van der Waals surface area (Å²) in [6, 6.07) is 14.5. The molecular formula is C26H26ClN3O4. The van der Waals surface area contributed by atoms with E-state index in [-0.39, 0.29) is 30.0 Å². The predicted molar refractivity (Wildman–Crippen MR) is 131 cm³/mol. The van der Waals surface area contributed by atoms with Crippen molar-refractivity contribution in [3.05, 3.63) is 75.2 Å². The Labute approximate surface area is 201 Å². The number of aryl methyl sites for hydroxylation is 1. The van der Waals surface area contributed by atoms with Gasteiger partial charge in [0.25, 0.3) is 5.56 Å². The zero-order valence-corrected chi connectivity index (χ0v) is 19.6. The van der Waals surface area contributed by atoms with Gasteiger partial charge in [-0.15, -0.1) is 0 Å². The monoisotopic (exact) mass is 479 g/mol. The van der Waals surface area contributed by atoms with E-state index in [9.17, 15) is 14.7 Å². The number of fused-ring (bicyclic) bond motifs is 3. The second kappa shape index (κ2) is 9.24. The lowest BCUT2D eigenvalue weighted by Gasteiger charge is -2.32. The van der Waals surface area contributed by atoms with Crippen LogP contribution in [0.15, 0.2) is 57.8 Å². The number of aromatic nitrogens is 2. The van der Waals surface area contributed by atoms with Crippen LogP contribution in [0, 0.1) is 6.92 Å². The van der Waals surface area contributed by atoms with Crippen LogP contribution in [0.2, 0.25) is 5.02 Å². The Bertz CT molecular complexity index is 1410. The van der Waals surface area contributed by atoms with Crippen molar-refractivity contribution in [1.29, 1.82) is 0 Å². The van der Waals surface area contributed by atoms with Crippen LogP contribution in [-0.4, -0.2) is 26.8 Å². The van der Waals surface area contributed by atoms with E-state index in [1.807, 2.05) is 30.3 Å². The molecule has 0 spiro atoms. The third-order valence-corrected chi connectivity index (χ3v) is 7.04. The van der Waals surface area contributed by atoms with Crippen LogP contribution < -0.4 is 10.9 Å². The molecule has 2 aromatic heterocycles. The molecular weight excluding hydrogens is 454 g/mol. The number of benzene rings is 2. The number of nitrogens with zero attached hydrogens (tertiary/aromatic N) is 2. The number of aliphatic hydroxyl groups is 1. The van der Waals surface area contributed by atoms with E-state index in [0.29, 0.717) is 39.1 Å². The van der Waals surface area contributed by atoms with Crippen molar-refractivity contribution in [3.63, 3.8) is 0 Å². The molecule has 0 bridgehead atoms. The first-order chi connectivity index (χ1) is 16.4. The van der Waals surface area contributed by atoms with Crippen LogP contribution in [0.4, 0.5) is 0 Å². The van der Waals surface area contributed by atoms with E-state index >= 15 is 0 Å². The summed E-state index contributed by atoms with van der Waals surface area (Å²) in [5.41, 5.74) is 1.76. The van der Waals surface area contributed by atoms with Gasteiger partial charge in [-0.05, 0) is 50.3 Å². The zero-order chi connectivity index (χ0) is 23.8. The highest BCUT2D eigenvalue weighted by atomic mass is 35.5. The van der Waals surface area contributed by atoms with Crippen LogP contribution >= 0.6 is 11.6 Å². The third-order valence-electron chi connectivity index (χ3n) is 6.72. The molecule has 3 unspecified atom stereocenters. The molecule has 1 amide bonds. The van der Waals surface area contributed by atoms with Gasteiger partial charge in [0.2, 0.25) is 5.91 Å². The predicted octanol–water partition coefficient (Wildman–Crippen LogP) is 4.83. The first-order valence-electron chi connectivity index (χ1n) is 11.5. The molecule has 2 aromatic carbocycles. The summed E-state index contributed by atoms with van der Waals surface area (Å²) in [4.78, 5) is 26.2. The van der Waals surface area contributed by atoms with Crippen molar-refractivity contribution in [1.82, 2.24) is 15.0 Å². The second-order valence-corrected chi connectivity index (χ2v) is 9.39. The number of carbonyl (C=O) groups excluding carboxylic acids is 1. The van der Waals surface area contributed by atoms with E-state index in [1.54, 1.807) is 29.7 Å². The van der Waals surface area contributed by atoms with Gasteiger partial charge in [-0.1, -0.05) is 53.2 Å². The molecule has 0 radical (unpaired) electrons. The molecule has 0 saturated heterocycles. The van der Waals surface area contributed by atoms with E-state index in [0.717, 1.165) is 24.8 Å². The van der Waals surface area contributed by atoms with Gasteiger partial charge in [-0.3, -0.25) is 9.59 Å². The smallest absolute Gasteiger partial charge is 0.264 e. The summed E-state index contributed by atoms with van der Waals surface area (Å²) in [6.45, 7) is 1.73. The number of amides is 1. The number of nitrogens with one attached hydrogen (secondary N) is 1. The molecule has 1 saturated carbocycles. The first kappa shape index (κ1) is 22.6. The maximum atomic E-state index is 13.6. The molecule has 1 aliphatic carbocycles. The standard InChI is InChI=1S/C26H26ClN3O4/c1-15-23-25(29-34-15)24-19(27)11-6-12-20(24)30(26(23)33)18-10-5-9-17(13-18)28-22(32)14-21(31)16-7-3-2-4-8-16/h2-4,6-8,11-12,17-18,21,31H,5,9-10,13-14H2,1H3,(H,28,32). The Morgan fingerprint density at radius 2 is 2.00 bits per heavy atom. The van der Waals surface area contributed by atoms with Gasteiger partial charge in [0.15, 0.2) is 0 Å². The highest BCUT2D eigenvalue weighted by Crippen LogP contribution is 2.35. The topological polar surface area (TPSA) is 97.4 Å². The van der Waals surface area contributed by atoms with Crippen LogP contribution in [0.1, 0.15) is 55.6 Å². The van der Waals surface area contributed by atoms with Gasteiger partial charge in [-0.25, -0.2) is 0 Å². The van der Waals surface area contributed by atoms with Crippen molar-refractivity contribution in [3.8, 4) is 0 Å². The third kappa shape index (κ3) is 4.10. The quantitative estimate of drug-likeness (QED) is 0.427. The highest BCUT2D eigenvalue weighted by Gasteiger charge is 2.29. The molecule has 8 heteroatoms. The molecule has 1 aliphatic rings. The fourth-order valence-corrected chi connectivity index (χ4v) is 5.38. The van der Waals surface area contributed by atoms with Gasteiger partial charge < -0.3 is 19.5 Å². The fourth-order valence-electron chi connectivity index (χ4n) is 5.12. The second-order valence-electron chi connectivity index (χ2n) is 8.99. The number of halogens is 1. The van der Waals surface area contributed by atoms with Gasteiger partial charge in [0.05, 0.1) is 23.1 Å². The number of hydrogen-bond acceptors (Lipinski definition) is 5. The van der Waals surface area contributed by atoms with Crippen molar-refractivity contribution >= 4 is 39.3 Å². The van der Waals surface area contributed by atoms with Crippen LogP contribution in [0.5, 0.6) is 0 Å². The highest BCUT2D eigenvalue weighted by molar-refractivity contribution is 6.37. The van der Waals surface area contributed by atoms with Gasteiger partial charge in [0, 0.05) is 17.5 Å². The zero-order valence-electron chi connectivity index (χ0n) is 18.8. The molecule has 2 heterocycles. The Morgan fingerprint density at radius 3 is 2.79 bits per heavy atom. The van der Waals surface area contributed by atoms with Crippen LogP contribution in [0.25, 0.3) is 21.8 Å². The molecule has 176 valence electrons. The Hall–Kier alpha value is -3.16. The van der Waals surface area contributed by atoms with E-state index < -0.39 is 6.10 Å². The van der Waals surface area contributed by atoms with E-state index in [2.05, 4.69) is 10.5 Å². The van der Waals surface area contributed by atoms with E-state index in [1.165, 1.54) is 0 Å². The Kier molecular flexibility index (Phi) is 6.15. The maximum absolute atomic E-state index is 13.6. The molecule has 3 atom stereocenters. The number of rotatable bonds is 5. The number of hydrogen-bond donors (Lipinski definition) is 2. The summed E-state index contributed by atoms with van der Waals surface area (Å²) in [5.74, 6) is 0.263. The minimum absolute atomic E-state index is 0.00445. The van der Waals surface area contributed by atoms with Crippen molar-refractivity contribution < 1.29 is 14.4 Å². The van der Waals surface area contributed by atoms with Crippen LogP contribution in [0.3, 0.4) is 0 Å². The molecule has 0 aliphatic heterocycles. The fraction of sp³-hybridized carbons (Fsp3) is 0.346. The lowest BCUT2D eigenvalue weighted by Crippen LogP contribution is -2.41. The lowest BCUT2D eigenvalue weighted by atomic mass is 9.90. The normalized spacial score (nSPS) is 19.4. The van der Waals surface area contributed by atoms with E-state index in [4.69, 9.17) is 16.1 Å². The van der Waals surface area contributed by atoms with Gasteiger partial charge in [0.1, 0.15) is 16.7 Å². The van der Waals surface area contributed by atoms with Crippen molar-refractivity contribution in [2.75, 3.05) is 0 Å². The number of aliphatic hydroxyl groups excluding tert-OH is 1. The Morgan fingerprint density at radius 1 is 1.21 bits per heavy atom. The van der Waals surface area contributed by atoms with Crippen LogP contribution in [-0.2, 0) is 4.79 Å². The summed E-state index contributed by atoms with van der Waals surface area (Å²) in [7, 11) is 0. The summed E-state index contributed by atoms with van der Waals surface area (Å²) in [6.07, 6.45) is 2.27. The SMILES string of the molecule is Cc1onc2c1c(=O)n(C1CCCC(NC(=O)CC(O)c3ccccc3)C1)c1cccc(Cl)c21. The largest absolute Gasteiger partial charge is 0.388 e. The summed E-state index contributed by atoms with van der Waals surface area (Å²) >= 11 is 6.53. The van der Waals surface area contributed by atoms with Gasteiger partial charge >= 0.3 is 0 Å². The average Bonchev–Trinajstić information content (AvgIpc) is 3.21. The van der Waals surface area contributed by atoms with Gasteiger partial charge in [-0.2, -0.15) is 0 Å². The molecule has 7 nitrogen and oxygen atoms in total. The number of carbonyl (C=O) groups is 1. The maximum Gasteiger partial charge on any atom is 0.264 e. The average molecular weight is 480 g/mol.